The number of anilines is 1. The number of halogens is 1. The molecule has 4 nitrogen and oxygen atoms in total. The molecule has 1 aromatic rings. The molecule has 0 aliphatic heterocycles. The summed E-state index contributed by atoms with van der Waals surface area (Å²) >= 11 is 3.25. The second-order valence-corrected chi connectivity index (χ2v) is 4.15. The molecule has 0 saturated carbocycles. The predicted molar refractivity (Wildman–Crippen MR) is 66.0 cm³/mol. The SMILES string of the molecule is CN(CCOCC=O)c1ccc(O)c(Br)c1. The molecule has 0 saturated heterocycles. The van der Waals surface area contributed by atoms with Crippen molar-refractivity contribution in [3.63, 3.8) is 0 Å². The number of aromatic hydroxyl groups is 1. The fraction of sp³-hybridized carbons (Fsp3) is 0.364. The minimum atomic E-state index is 0.132. The first-order chi connectivity index (χ1) is 7.65. The van der Waals surface area contributed by atoms with Crippen LogP contribution in [0.2, 0.25) is 0 Å². The summed E-state index contributed by atoms with van der Waals surface area (Å²) in [5, 5.41) is 9.34. The van der Waals surface area contributed by atoms with Crippen molar-refractivity contribution in [2.75, 3.05) is 31.7 Å². The molecule has 1 rings (SSSR count). The highest BCUT2D eigenvalue weighted by Gasteiger charge is 2.03. The van der Waals surface area contributed by atoms with Crippen LogP contribution < -0.4 is 4.90 Å². The summed E-state index contributed by atoms with van der Waals surface area (Å²) in [7, 11) is 1.92. The molecule has 0 atom stereocenters. The van der Waals surface area contributed by atoms with Gasteiger partial charge in [0.15, 0.2) is 0 Å². The molecule has 0 fully saturated rings. The average Bonchev–Trinajstić information content (AvgIpc) is 2.28. The molecule has 1 aromatic carbocycles. The fourth-order valence-electron chi connectivity index (χ4n) is 1.20. The van der Waals surface area contributed by atoms with E-state index >= 15 is 0 Å². The number of benzene rings is 1. The average molecular weight is 288 g/mol. The highest BCUT2D eigenvalue weighted by atomic mass is 79.9. The molecular weight excluding hydrogens is 274 g/mol. The standard InChI is InChI=1S/C11H14BrNO3/c1-13(4-6-16-7-5-14)9-2-3-11(15)10(12)8-9/h2-3,5,8,15H,4,6-7H2,1H3. The maximum atomic E-state index is 10.0. The van der Waals surface area contributed by atoms with E-state index in [0.717, 1.165) is 12.0 Å². The Labute approximate surface area is 103 Å². The monoisotopic (exact) mass is 287 g/mol. The van der Waals surface area contributed by atoms with Crippen molar-refractivity contribution in [1.29, 1.82) is 0 Å². The van der Waals surface area contributed by atoms with Crippen LogP contribution in [0.1, 0.15) is 0 Å². The summed E-state index contributed by atoms with van der Waals surface area (Å²) in [5.74, 6) is 0.217. The van der Waals surface area contributed by atoms with E-state index in [9.17, 15) is 9.90 Å². The number of carbonyl (C=O) groups excluding carboxylic acids is 1. The summed E-state index contributed by atoms with van der Waals surface area (Å²) in [6.45, 7) is 1.31. The van der Waals surface area contributed by atoms with Crippen LogP contribution in [-0.4, -0.2) is 38.2 Å². The van der Waals surface area contributed by atoms with Gasteiger partial charge in [-0.15, -0.1) is 0 Å². The molecule has 16 heavy (non-hydrogen) atoms. The number of phenols is 1. The van der Waals surface area contributed by atoms with Gasteiger partial charge in [-0.2, -0.15) is 0 Å². The molecule has 0 bridgehead atoms. The Morgan fingerprint density at radius 2 is 2.31 bits per heavy atom. The van der Waals surface area contributed by atoms with Crippen molar-refractivity contribution in [3.8, 4) is 5.75 Å². The maximum Gasteiger partial charge on any atom is 0.145 e. The third-order valence-corrected chi connectivity index (χ3v) is 2.76. The van der Waals surface area contributed by atoms with Gasteiger partial charge in [0.25, 0.3) is 0 Å². The van der Waals surface area contributed by atoms with E-state index in [-0.39, 0.29) is 12.4 Å². The normalized spacial score (nSPS) is 10.1. The first-order valence-electron chi connectivity index (χ1n) is 4.86. The van der Waals surface area contributed by atoms with Gasteiger partial charge in [-0.3, -0.25) is 0 Å². The van der Waals surface area contributed by atoms with Gasteiger partial charge < -0.3 is 19.5 Å². The third kappa shape index (κ3) is 3.83. The van der Waals surface area contributed by atoms with Gasteiger partial charge in [-0.1, -0.05) is 0 Å². The van der Waals surface area contributed by atoms with Crippen molar-refractivity contribution in [3.05, 3.63) is 22.7 Å². The predicted octanol–water partition coefficient (Wildman–Crippen LogP) is 1.81. The molecule has 88 valence electrons. The van der Waals surface area contributed by atoms with E-state index in [4.69, 9.17) is 4.74 Å². The van der Waals surface area contributed by atoms with Crippen LogP contribution in [0.15, 0.2) is 22.7 Å². The Kier molecular flexibility index (Phi) is 5.28. The summed E-state index contributed by atoms with van der Waals surface area (Å²) in [6, 6.07) is 5.27. The molecule has 0 unspecified atom stereocenters. The molecular formula is C11H14BrNO3. The van der Waals surface area contributed by atoms with Crippen molar-refractivity contribution in [1.82, 2.24) is 0 Å². The lowest BCUT2D eigenvalue weighted by Crippen LogP contribution is -2.22. The Morgan fingerprint density at radius 3 is 2.94 bits per heavy atom. The van der Waals surface area contributed by atoms with Crippen LogP contribution >= 0.6 is 15.9 Å². The number of phenolic OH excluding ortho intramolecular Hbond substituents is 1. The molecule has 5 heteroatoms. The van der Waals surface area contributed by atoms with Gasteiger partial charge in [-0.05, 0) is 34.1 Å². The van der Waals surface area contributed by atoms with E-state index in [0.29, 0.717) is 17.6 Å². The van der Waals surface area contributed by atoms with Gasteiger partial charge in [-0.25, -0.2) is 0 Å². The van der Waals surface area contributed by atoms with Crippen LogP contribution in [0.4, 0.5) is 5.69 Å². The van der Waals surface area contributed by atoms with Crippen LogP contribution in [0.25, 0.3) is 0 Å². The number of rotatable bonds is 6. The third-order valence-electron chi connectivity index (χ3n) is 2.13. The largest absolute Gasteiger partial charge is 0.507 e. The van der Waals surface area contributed by atoms with E-state index in [1.165, 1.54) is 0 Å². The highest BCUT2D eigenvalue weighted by molar-refractivity contribution is 9.10. The smallest absolute Gasteiger partial charge is 0.145 e. The van der Waals surface area contributed by atoms with Gasteiger partial charge >= 0.3 is 0 Å². The second-order valence-electron chi connectivity index (χ2n) is 3.30. The van der Waals surface area contributed by atoms with Crippen LogP contribution in [0.5, 0.6) is 5.75 Å². The van der Waals surface area contributed by atoms with Crippen LogP contribution in [-0.2, 0) is 9.53 Å². The van der Waals surface area contributed by atoms with Gasteiger partial charge in [0.2, 0.25) is 0 Å². The summed E-state index contributed by atoms with van der Waals surface area (Å²) < 4.78 is 5.72. The zero-order chi connectivity index (χ0) is 12.0. The van der Waals surface area contributed by atoms with Crippen molar-refractivity contribution >= 4 is 27.9 Å². The first kappa shape index (κ1) is 13.0. The number of ether oxygens (including phenoxy) is 1. The molecule has 0 aromatic heterocycles. The lowest BCUT2D eigenvalue weighted by Gasteiger charge is -2.19. The Bertz CT molecular complexity index is 357. The van der Waals surface area contributed by atoms with Crippen LogP contribution in [0, 0.1) is 0 Å². The van der Waals surface area contributed by atoms with E-state index in [1.807, 2.05) is 24.1 Å². The molecule has 0 aliphatic carbocycles. The Morgan fingerprint density at radius 1 is 1.56 bits per heavy atom. The van der Waals surface area contributed by atoms with Gasteiger partial charge in [0, 0.05) is 19.3 Å². The van der Waals surface area contributed by atoms with E-state index in [2.05, 4.69) is 15.9 Å². The quantitative estimate of drug-likeness (QED) is 0.640. The van der Waals surface area contributed by atoms with Crippen LogP contribution in [0.3, 0.4) is 0 Å². The number of nitrogens with zero attached hydrogens (tertiary/aromatic N) is 1. The summed E-state index contributed by atoms with van der Waals surface area (Å²) in [5.41, 5.74) is 0.972. The highest BCUT2D eigenvalue weighted by Crippen LogP contribution is 2.27. The molecule has 0 heterocycles. The zero-order valence-electron chi connectivity index (χ0n) is 9.02. The zero-order valence-corrected chi connectivity index (χ0v) is 10.6. The van der Waals surface area contributed by atoms with Crippen molar-refractivity contribution in [2.45, 2.75) is 0 Å². The van der Waals surface area contributed by atoms with Gasteiger partial charge in [0.05, 0.1) is 11.1 Å². The van der Waals surface area contributed by atoms with Crippen molar-refractivity contribution < 1.29 is 14.6 Å². The molecule has 0 amide bonds. The lowest BCUT2D eigenvalue weighted by molar-refractivity contribution is -0.111. The number of hydrogen-bond donors (Lipinski definition) is 1. The summed E-state index contributed by atoms with van der Waals surface area (Å²) in [4.78, 5) is 12.0. The summed E-state index contributed by atoms with van der Waals surface area (Å²) in [6.07, 6.45) is 0.733. The minimum Gasteiger partial charge on any atom is -0.507 e. The fourth-order valence-corrected chi connectivity index (χ4v) is 1.56. The number of aldehydes is 1. The molecule has 1 N–H and O–H groups in total. The number of likely N-dealkylation sites (N-methyl/N-ethyl adjacent to an activating group) is 1. The lowest BCUT2D eigenvalue weighted by atomic mass is 10.3. The molecule has 0 spiro atoms. The first-order valence-corrected chi connectivity index (χ1v) is 5.65. The van der Waals surface area contributed by atoms with Gasteiger partial charge in [0.1, 0.15) is 18.6 Å². The number of hydrogen-bond acceptors (Lipinski definition) is 4. The van der Waals surface area contributed by atoms with E-state index in [1.54, 1.807) is 6.07 Å². The Hall–Kier alpha value is -1.07. The maximum absolute atomic E-state index is 10.0. The topological polar surface area (TPSA) is 49.8 Å². The van der Waals surface area contributed by atoms with E-state index < -0.39 is 0 Å². The molecule has 0 aliphatic rings. The second kappa shape index (κ2) is 6.50. The minimum absolute atomic E-state index is 0.132. The Balaban J connectivity index is 2.49. The molecule has 0 radical (unpaired) electrons. The number of carbonyl (C=O) groups is 1. The van der Waals surface area contributed by atoms with Crippen molar-refractivity contribution in [2.24, 2.45) is 0 Å².